The van der Waals surface area contributed by atoms with Gasteiger partial charge in [-0.3, -0.25) is 4.79 Å². The fourth-order valence-electron chi connectivity index (χ4n) is 2.59. The van der Waals surface area contributed by atoms with E-state index in [1.54, 1.807) is 0 Å². The Morgan fingerprint density at radius 1 is 1.30 bits per heavy atom. The zero-order valence-electron chi connectivity index (χ0n) is 12.2. The number of aryl methyl sites for hydroxylation is 1. The van der Waals surface area contributed by atoms with Crippen molar-refractivity contribution < 1.29 is 9.53 Å². The Labute approximate surface area is 120 Å². The number of rotatable bonds is 5. The van der Waals surface area contributed by atoms with Crippen molar-refractivity contribution in [1.29, 1.82) is 0 Å². The highest BCUT2D eigenvalue weighted by Gasteiger charge is 2.16. The number of nitrogen functional groups attached to an aromatic ring is 1. The Morgan fingerprint density at radius 3 is 2.70 bits per heavy atom. The molecule has 4 heteroatoms. The quantitative estimate of drug-likeness (QED) is 0.841. The van der Waals surface area contributed by atoms with E-state index in [1.165, 1.54) is 6.42 Å². The second kappa shape index (κ2) is 7.17. The number of benzene rings is 1. The van der Waals surface area contributed by atoms with Crippen molar-refractivity contribution >= 4 is 11.6 Å². The van der Waals surface area contributed by atoms with E-state index in [1.807, 2.05) is 30.0 Å². The SMILES string of the molecule is CCOc1ccc(CCC(=O)N2CCCCC2)cc1N. The summed E-state index contributed by atoms with van der Waals surface area (Å²) in [6.07, 6.45) is 4.84. The van der Waals surface area contributed by atoms with Gasteiger partial charge in [-0.2, -0.15) is 0 Å². The highest BCUT2D eigenvalue weighted by Crippen LogP contribution is 2.23. The predicted molar refractivity (Wildman–Crippen MR) is 80.8 cm³/mol. The van der Waals surface area contributed by atoms with Gasteiger partial charge in [-0.15, -0.1) is 0 Å². The van der Waals surface area contributed by atoms with Gasteiger partial charge in [0, 0.05) is 19.5 Å². The molecule has 4 nitrogen and oxygen atoms in total. The number of likely N-dealkylation sites (tertiary alicyclic amines) is 1. The summed E-state index contributed by atoms with van der Waals surface area (Å²) in [6, 6.07) is 5.79. The molecule has 0 radical (unpaired) electrons. The molecule has 0 bridgehead atoms. The molecule has 0 aliphatic carbocycles. The van der Waals surface area contributed by atoms with Crippen LogP contribution >= 0.6 is 0 Å². The molecular formula is C16H24N2O2. The first-order chi connectivity index (χ1) is 9.70. The van der Waals surface area contributed by atoms with Gasteiger partial charge in [-0.25, -0.2) is 0 Å². The van der Waals surface area contributed by atoms with Crippen molar-refractivity contribution in [3.05, 3.63) is 23.8 Å². The molecule has 0 spiro atoms. The fourth-order valence-corrected chi connectivity index (χ4v) is 2.59. The van der Waals surface area contributed by atoms with Gasteiger partial charge in [0.15, 0.2) is 0 Å². The Balaban J connectivity index is 1.87. The van der Waals surface area contributed by atoms with Gasteiger partial charge in [0.05, 0.1) is 12.3 Å². The number of ether oxygens (including phenoxy) is 1. The van der Waals surface area contributed by atoms with Crippen LogP contribution in [0.5, 0.6) is 5.75 Å². The number of hydrogen-bond acceptors (Lipinski definition) is 3. The monoisotopic (exact) mass is 276 g/mol. The smallest absolute Gasteiger partial charge is 0.222 e. The highest BCUT2D eigenvalue weighted by molar-refractivity contribution is 5.76. The van der Waals surface area contributed by atoms with Crippen molar-refractivity contribution in [3.63, 3.8) is 0 Å². The molecule has 20 heavy (non-hydrogen) atoms. The molecule has 2 rings (SSSR count). The third-order valence-electron chi connectivity index (χ3n) is 3.71. The largest absolute Gasteiger partial charge is 0.492 e. The van der Waals surface area contributed by atoms with Crippen LogP contribution < -0.4 is 10.5 Å². The van der Waals surface area contributed by atoms with E-state index in [-0.39, 0.29) is 5.91 Å². The van der Waals surface area contributed by atoms with Crippen molar-refractivity contribution in [2.24, 2.45) is 0 Å². The summed E-state index contributed by atoms with van der Waals surface area (Å²) in [4.78, 5) is 14.1. The summed E-state index contributed by atoms with van der Waals surface area (Å²) in [5.41, 5.74) is 7.68. The van der Waals surface area contributed by atoms with Gasteiger partial charge >= 0.3 is 0 Å². The van der Waals surface area contributed by atoms with Crippen LogP contribution in [0.15, 0.2) is 18.2 Å². The van der Waals surface area contributed by atoms with Crippen LogP contribution in [0.2, 0.25) is 0 Å². The molecule has 0 aromatic heterocycles. The summed E-state index contributed by atoms with van der Waals surface area (Å²) in [6.45, 7) is 4.39. The van der Waals surface area contributed by atoms with E-state index in [0.29, 0.717) is 18.7 Å². The van der Waals surface area contributed by atoms with Crippen LogP contribution in [0.1, 0.15) is 38.2 Å². The normalized spacial score (nSPS) is 15.2. The molecular weight excluding hydrogens is 252 g/mol. The molecule has 1 amide bonds. The lowest BCUT2D eigenvalue weighted by atomic mass is 10.1. The molecule has 1 fully saturated rings. The maximum Gasteiger partial charge on any atom is 0.222 e. The average molecular weight is 276 g/mol. The molecule has 1 heterocycles. The minimum atomic E-state index is 0.261. The minimum absolute atomic E-state index is 0.261. The number of nitrogens with zero attached hydrogens (tertiary/aromatic N) is 1. The molecule has 1 aromatic rings. The summed E-state index contributed by atoms with van der Waals surface area (Å²) in [5, 5.41) is 0. The van der Waals surface area contributed by atoms with Crippen molar-refractivity contribution in [3.8, 4) is 5.75 Å². The Hall–Kier alpha value is -1.71. The van der Waals surface area contributed by atoms with Crippen molar-refractivity contribution in [1.82, 2.24) is 4.90 Å². The predicted octanol–water partition coefficient (Wildman–Crippen LogP) is 2.61. The lowest BCUT2D eigenvalue weighted by molar-refractivity contribution is -0.132. The number of piperidine rings is 1. The first-order valence-electron chi connectivity index (χ1n) is 7.49. The molecule has 1 aliphatic rings. The highest BCUT2D eigenvalue weighted by atomic mass is 16.5. The van der Waals surface area contributed by atoms with E-state index in [0.717, 1.165) is 43.7 Å². The van der Waals surface area contributed by atoms with Crippen LogP contribution in [0.25, 0.3) is 0 Å². The average Bonchev–Trinajstić information content (AvgIpc) is 2.48. The molecule has 1 aromatic carbocycles. The number of hydrogen-bond donors (Lipinski definition) is 1. The molecule has 0 atom stereocenters. The van der Waals surface area contributed by atoms with Crippen LogP contribution in [0, 0.1) is 0 Å². The zero-order chi connectivity index (χ0) is 14.4. The van der Waals surface area contributed by atoms with Gasteiger partial charge in [-0.05, 0) is 50.3 Å². The number of carbonyl (C=O) groups excluding carboxylic acids is 1. The fraction of sp³-hybridized carbons (Fsp3) is 0.562. The topological polar surface area (TPSA) is 55.6 Å². The van der Waals surface area contributed by atoms with Gasteiger partial charge < -0.3 is 15.4 Å². The van der Waals surface area contributed by atoms with Crippen molar-refractivity contribution in [2.75, 3.05) is 25.4 Å². The van der Waals surface area contributed by atoms with Crippen LogP contribution in [-0.4, -0.2) is 30.5 Å². The molecule has 0 saturated carbocycles. The maximum absolute atomic E-state index is 12.1. The molecule has 0 unspecified atom stereocenters. The van der Waals surface area contributed by atoms with Crippen LogP contribution in [0.3, 0.4) is 0 Å². The van der Waals surface area contributed by atoms with E-state index in [9.17, 15) is 4.79 Å². The lowest BCUT2D eigenvalue weighted by Crippen LogP contribution is -2.35. The first kappa shape index (κ1) is 14.7. The number of amides is 1. The Kier molecular flexibility index (Phi) is 5.27. The van der Waals surface area contributed by atoms with Crippen molar-refractivity contribution in [2.45, 2.75) is 39.0 Å². The second-order valence-electron chi connectivity index (χ2n) is 5.25. The molecule has 2 N–H and O–H groups in total. The van der Waals surface area contributed by atoms with E-state index in [2.05, 4.69) is 0 Å². The summed E-state index contributed by atoms with van der Waals surface area (Å²) in [7, 11) is 0. The minimum Gasteiger partial charge on any atom is -0.492 e. The van der Waals surface area contributed by atoms with E-state index >= 15 is 0 Å². The third kappa shape index (κ3) is 3.89. The van der Waals surface area contributed by atoms with Gasteiger partial charge in [0.1, 0.15) is 5.75 Å². The van der Waals surface area contributed by atoms with Gasteiger partial charge in [0.25, 0.3) is 0 Å². The standard InChI is InChI=1S/C16H24N2O2/c1-2-20-15-8-6-13(12-14(15)17)7-9-16(19)18-10-4-3-5-11-18/h6,8,12H,2-5,7,9-11,17H2,1H3. The summed E-state index contributed by atoms with van der Waals surface area (Å²) >= 11 is 0. The zero-order valence-corrected chi connectivity index (χ0v) is 12.2. The van der Waals surface area contributed by atoms with E-state index < -0.39 is 0 Å². The molecule has 1 saturated heterocycles. The first-order valence-corrected chi connectivity index (χ1v) is 7.49. The molecule has 1 aliphatic heterocycles. The third-order valence-corrected chi connectivity index (χ3v) is 3.71. The summed E-state index contributed by atoms with van der Waals surface area (Å²) < 4.78 is 5.41. The Bertz CT molecular complexity index is 454. The molecule has 110 valence electrons. The summed E-state index contributed by atoms with van der Waals surface area (Å²) in [5.74, 6) is 0.982. The van der Waals surface area contributed by atoms with Gasteiger partial charge in [-0.1, -0.05) is 6.07 Å². The van der Waals surface area contributed by atoms with Crippen LogP contribution in [0.4, 0.5) is 5.69 Å². The van der Waals surface area contributed by atoms with Crippen LogP contribution in [-0.2, 0) is 11.2 Å². The maximum atomic E-state index is 12.1. The Morgan fingerprint density at radius 2 is 2.05 bits per heavy atom. The lowest BCUT2D eigenvalue weighted by Gasteiger charge is -2.26. The second-order valence-corrected chi connectivity index (χ2v) is 5.25. The number of nitrogens with two attached hydrogens (primary N) is 1. The van der Waals surface area contributed by atoms with E-state index in [4.69, 9.17) is 10.5 Å². The van der Waals surface area contributed by atoms with Gasteiger partial charge in [0.2, 0.25) is 5.91 Å². The number of anilines is 1. The number of carbonyl (C=O) groups is 1.